The van der Waals surface area contributed by atoms with Crippen molar-refractivity contribution in [2.45, 2.75) is 52.9 Å². The Morgan fingerprint density at radius 2 is 2.04 bits per heavy atom. The van der Waals surface area contributed by atoms with Gasteiger partial charge in [0, 0.05) is 31.7 Å². The smallest absolute Gasteiger partial charge is 0.410 e. The number of phenolic OH excluding ortho intramolecular Hbond substituents is 1. The summed E-state index contributed by atoms with van der Waals surface area (Å²) in [5.41, 5.74) is 1.07. The number of aliphatic hydroxyl groups excluding tert-OH is 1. The van der Waals surface area contributed by atoms with Crippen LogP contribution >= 0.6 is 0 Å². The van der Waals surface area contributed by atoms with Crippen molar-refractivity contribution in [3.63, 3.8) is 0 Å². The quantitative estimate of drug-likeness (QED) is 0.665. The summed E-state index contributed by atoms with van der Waals surface area (Å²) in [6, 6.07) is 5.61. The van der Waals surface area contributed by atoms with Crippen LogP contribution in [0.5, 0.6) is 5.75 Å². The molecule has 136 valence electrons. The summed E-state index contributed by atoms with van der Waals surface area (Å²) in [6.07, 6.45) is -1.07. The molecule has 0 aliphatic rings. The zero-order valence-corrected chi connectivity index (χ0v) is 15.3. The van der Waals surface area contributed by atoms with E-state index < -0.39 is 17.8 Å². The second kappa shape index (κ2) is 8.89. The molecule has 0 saturated carbocycles. The van der Waals surface area contributed by atoms with Crippen LogP contribution in [-0.4, -0.2) is 52.5 Å². The summed E-state index contributed by atoms with van der Waals surface area (Å²) in [7, 11) is 0. The molecule has 0 saturated heterocycles. The molecule has 24 heavy (non-hydrogen) atoms. The molecule has 1 rings (SSSR count). The molecule has 1 aromatic carbocycles. The third kappa shape index (κ3) is 7.19. The van der Waals surface area contributed by atoms with Crippen LogP contribution in [0.25, 0.3) is 0 Å². The lowest BCUT2D eigenvalue weighted by Crippen LogP contribution is -2.43. The van der Waals surface area contributed by atoms with E-state index in [-0.39, 0.29) is 12.3 Å². The molecule has 0 aliphatic heterocycles. The number of rotatable bonds is 7. The number of hydrogen-bond acceptors (Lipinski definition) is 5. The summed E-state index contributed by atoms with van der Waals surface area (Å²) < 4.78 is 5.36. The number of nitrogens with one attached hydrogen (secondary N) is 1. The van der Waals surface area contributed by atoms with E-state index in [1.807, 2.05) is 45.9 Å². The molecule has 1 atom stereocenters. The summed E-state index contributed by atoms with van der Waals surface area (Å²) in [6.45, 7) is 10.6. The van der Waals surface area contributed by atoms with E-state index in [0.717, 1.165) is 11.1 Å². The molecule has 0 spiro atoms. The number of phenols is 1. The fraction of sp³-hybridized carbons (Fsp3) is 0.611. The number of carbonyl (C=O) groups excluding carboxylic acids is 1. The van der Waals surface area contributed by atoms with Gasteiger partial charge in [-0.3, -0.25) is 0 Å². The highest BCUT2D eigenvalue weighted by molar-refractivity contribution is 5.68. The van der Waals surface area contributed by atoms with Gasteiger partial charge in [-0.1, -0.05) is 18.2 Å². The normalized spacial score (nSPS) is 12.8. The molecule has 0 aromatic heterocycles. The first-order valence-electron chi connectivity index (χ1n) is 8.24. The monoisotopic (exact) mass is 338 g/mol. The van der Waals surface area contributed by atoms with Gasteiger partial charge in [0.25, 0.3) is 0 Å². The molecule has 0 aliphatic carbocycles. The van der Waals surface area contributed by atoms with E-state index in [4.69, 9.17) is 4.74 Å². The first-order chi connectivity index (χ1) is 11.1. The molecule has 0 radical (unpaired) electrons. The number of hydrogen-bond donors (Lipinski definition) is 3. The second-order valence-electron chi connectivity index (χ2n) is 7.03. The number of aliphatic hydroxyl groups is 1. The van der Waals surface area contributed by atoms with Crippen LogP contribution in [0.15, 0.2) is 18.2 Å². The highest BCUT2D eigenvalue weighted by Gasteiger charge is 2.22. The topological polar surface area (TPSA) is 82.0 Å². The predicted molar refractivity (Wildman–Crippen MR) is 94.0 cm³/mol. The molecule has 0 fully saturated rings. The van der Waals surface area contributed by atoms with E-state index in [0.29, 0.717) is 19.6 Å². The lowest BCUT2D eigenvalue weighted by molar-refractivity contribution is 0.0164. The van der Waals surface area contributed by atoms with Gasteiger partial charge in [0.15, 0.2) is 0 Å². The molecule has 1 unspecified atom stereocenters. The van der Waals surface area contributed by atoms with Crippen molar-refractivity contribution in [2.24, 2.45) is 0 Å². The van der Waals surface area contributed by atoms with E-state index in [9.17, 15) is 15.0 Å². The highest BCUT2D eigenvalue weighted by Crippen LogP contribution is 2.20. The Morgan fingerprint density at radius 1 is 1.38 bits per heavy atom. The predicted octanol–water partition coefficient (Wildman–Crippen LogP) is 2.41. The fourth-order valence-electron chi connectivity index (χ4n) is 2.20. The number of aromatic hydroxyl groups is 1. The van der Waals surface area contributed by atoms with E-state index in [2.05, 4.69) is 5.32 Å². The van der Waals surface area contributed by atoms with Crippen molar-refractivity contribution in [2.75, 3.05) is 19.6 Å². The summed E-state index contributed by atoms with van der Waals surface area (Å²) in [5.74, 6) is 0.290. The first kappa shape index (κ1) is 20.3. The third-order valence-electron chi connectivity index (χ3n) is 3.33. The van der Waals surface area contributed by atoms with Crippen molar-refractivity contribution >= 4 is 6.09 Å². The van der Waals surface area contributed by atoms with Gasteiger partial charge < -0.3 is 25.2 Å². The maximum absolute atomic E-state index is 12.2. The highest BCUT2D eigenvalue weighted by atomic mass is 16.6. The number of amides is 1. The number of benzene rings is 1. The molecule has 6 nitrogen and oxygen atoms in total. The van der Waals surface area contributed by atoms with E-state index in [1.165, 1.54) is 4.90 Å². The summed E-state index contributed by atoms with van der Waals surface area (Å²) >= 11 is 0. The minimum atomic E-state index is -0.627. The molecule has 0 bridgehead atoms. The third-order valence-corrected chi connectivity index (χ3v) is 3.33. The Labute approximate surface area is 144 Å². The van der Waals surface area contributed by atoms with Gasteiger partial charge in [-0.05, 0) is 40.2 Å². The molecule has 0 heterocycles. The van der Waals surface area contributed by atoms with Gasteiger partial charge in [0.2, 0.25) is 0 Å². The maximum Gasteiger partial charge on any atom is 0.410 e. The van der Waals surface area contributed by atoms with Gasteiger partial charge in [-0.25, -0.2) is 4.79 Å². The Bertz CT molecular complexity index is 538. The largest absolute Gasteiger partial charge is 0.507 e. The van der Waals surface area contributed by atoms with Gasteiger partial charge in [0.1, 0.15) is 11.4 Å². The standard InChI is InChI=1S/C18H30N2O4/c1-13-7-6-8-15(16(13)22)11-19-9-10-20(12-14(2)21)17(23)24-18(3,4)5/h6-8,14,19,21-22H,9-12H2,1-5H3. The number of para-hydroxylation sites is 1. The van der Waals surface area contributed by atoms with Gasteiger partial charge in [0.05, 0.1) is 6.10 Å². The van der Waals surface area contributed by atoms with Crippen molar-refractivity contribution in [3.05, 3.63) is 29.3 Å². The zero-order valence-electron chi connectivity index (χ0n) is 15.3. The summed E-state index contributed by atoms with van der Waals surface area (Å²) in [4.78, 5) is 13.7. The SMILES string of the molecule is Cc1cccc(CNCCN(CC(C)O)C(=O)OC(C)(C)C)c1O. The molecule has 1 aromatic rings. The minimum absolute atomic E-state index is 0.215. The maximum atomic E-state index is 12.2. The van der Waals surface area contributed by atoms with Gasteiger partial charge in [-0.2, -0.15) is 0 Å². The molecule has 3 N–H and O–H groups in total. The van der Waals surface area contributed by atoms with Crippen molar-refractivity contribution in [1.29, 1.82) is 0 Å². The Balaban J connectivity index is 2.53. The van der Waals surface area contributed by atoms with Crippen LogP contribution in [0, 0.1) is 6.92 Å². The minimum Gasteiger partial charge on any atom is -0.507 e. The lowest BCUT2D eigenvalue weighted by Gasteiger charge is -2.28. The lowest BCUT2D eigenvalue weighted by atomic mass is 10.1. The van der Waals surface area contributed by atoms with E-state index >= 15 is 0 Å². The Kier molecular flexibility index (Phi) is 7.51. The summed E-state index contributed by atoms with van der Waals surface area (Å²) in [5, 5.41) is 22.8. The van der Waals surface area contributed by atoms with Crippen LogP contribution in [0.2, 0.25) is 0 Å². The second-order valence-corrected chi connectivity index (χ2v) is 7.03. The van der Waals surface area contributed by atoms with Crippen molar-refractivity contribution in [3.8, 4) is 5.75 Å². The van der Waals surface area contributed by atoms with Gasteiger partial charge >= 0.3 is 6.09 Å². The van der Waals surface area contributed by atoms with Crippen LogP contribution in [-0.2, 0) is 11.3 Å². The molecular weight excluding hydrogens is 308 g/mol. The fourth-order valence-corrected chi connectivity index (χ4v) is 2.20. The Hall–Kier alpha value is -1.79. The average molecular weight is 338 g/mol. The number of nitrogens with zero attached hydrogens (tertiary/aromatic N) is 1. The number of carbonyl (C=O) groups is 1. The van der Waals surface area contributed by atoms with Crippen LogP contribution in [0.3, 0.4) is 0 Å². The Morgan fingerprint density at radius 3 is 2.62 bits per heavy atom. The zero-order chi connectivity index (χ0) is 18.3. The van der Waals surface area contributed by atoms with Crippen molar-refractivity contribution in [1.82, 2.24) is 10.2 Å². The van der Waals surface area contributed by atoms with Crippen LogP contribution in [0.4, 0.5) is 4.79 Å². The molecule has 1 amide bonds. The first-order valence-corrected chi connectivity index (χ1v) is 8.24. The van der Waals surface area contributed by atoms with Crippen LogP contribution < -0.4 is 5.32 Å². The molecule has 6 heteroatoms. The van der Waals surface area contributed by atoms with Crippen LogP contribution in [0.1, 0.15) is 38.8 Å². The average Bonchev–Trinajstić information content (AvgIpc) is 2.44. The van der Waals surface area contributed by atoms with Gasteiger partial charge in [-0.15, -0.1) is 0 Å². The number of ether oxygens (including phenoxy) is 1. The van der Waals surface area contributed by atoms with Crippen molar-refractivity contribution < 1.29 is 19.7 Å². The molecular formula is C18H30N2O4. The number of aryl methyl sites for hydroxylation is 1. The van der Waals surface area contributed by atoms with E-state index in [1.54, 1.807) is 6.92 Å².